The average molecular weight is 362 g/mol. The van der Waals surface area contributed by atoms with Crippen molar-refractivity contribution in [3.05, 3.63) is 59.2 Å². The van der Waals surface area contributed by atoms with Crippen molar-refractivity contribution >= 4 is 33.3 Å². The van der Waals surface area contributed by atoms with Gasteiger partial charge in [0.15, 0.2) is 0 Å². The summed E-state index contributed by atoms with van der Waals surface area (Å²) in [5, 5.41) is 2.71. The minimum atomic E-state index is -3.44. The first kappa shape index (κ1) is 18.5. The number of esters is 1. The second-order valence-electron chi connectivity index (χ2n) is 5.43. The van der Waals surface area contributed by atoms with E-state index in [4.69, 9.17) is 0 Å². The minimum absolute atomic E-state index is 0.275. The molecule has 2 aromatic carbocycles. The molecule has 1 amide bonds. The van der Waals surface area contributed by atoms with Crippen molar-refractivity contribution in [1.82, 2.24) is 0 Å². The molecule has 0 heterocycles. The third kappa shape index (κ3) is 5.05. The standard InChI is InChI=1S/C17H18N2O5S/c1-11-7-8-13(17(21)24-2)10-15(11)18-16(20)12-5-4-6-14(9-12)19-25(3,22)23/h4-10,19H,1-3H3,(H,18,20). The number of methoxy groups -OCH3 is 1. The van der Waals surface area contributed by atoms with Crippen molar-refractivity contribution in [2.24, 2.45) is 0 Å². The Kier molecular flexibility index (Phi) is 5.43. The van der Waals surface area contributed by atoms with Crippen molar-refractivity contribution in [2.45, 2.75) is 6.92 Å². The van der Waals surface area contributed by atoms with Gasteiger partial charge >= 0.3 is 5.97 Å². The van der Waals surface area contributed by atoms with Crippen LogP contribution in [-0.4, -0.2) is 33.7 Å². The first-order valence-corrected chi connectivity index (χ1v) is 9.17. The maximum absolute atomic E-state index is 12.4. The molecule has 0 unspecified atom stereocenters. The number of hydrogen-bond donors (Lipinski definition) is 2. The Morgan fingerprint density at radius 2 is 1.76 bits per heavy atom. The summed E-state index contributed by atoms with van der Waals surface area (Å²) in [4.78, 5) is 24.0. The molecule has 0 aliphatic heterocycles. The van der Waals surface area contributed by atoms with Gasteiger partial charge in [0, 0.05) is 16.9 Å². The van der Waals surface area contributed by atoms with Crippen LogP contribution in [0.25, 0.3) is 0 Å². The topological polar surface area (TPSA) is 102 Å². The summed E-state index contributed by atoms with van der Waals surface area (Å²) < 4.78 is 29.6. The molecule has 2 rings (SSSR count). The number of nitrogens with one attached hydrogen (secondary N) is 2. The second kappa shape index (κ2) is 7.35. The van der Waals surface area contributed by atoms with Gasteiger partial charge in [-0.05, 0) is 42.8 Å². The highest BCUT2D eigenvalue weighted by molar-refractivity contribution is 7.92. The zero-order chi connectivity index (χ0) is 18.6. The van der Waals surface area contributed by atoms with E-state index in [9.17, 15) is 18.0 Å². The van der Waals surface area contributed by atoms with E-state index in [0.29, 0.717) is 11.3 Å². The van der Waals surface area contributed by atoms with Gasteiger partial charge in [0.05, 0.1) is 18.9 Å². The maximum Gasteiger partial charge on any atom is 0.337 e. The number of sulfonamides is 1. The number of benzene rings is 2. The number of aryl methyl sites for hydroxylation is 1. The quantitative estimate of drug-likeness (QED) is 0.795. The molecule has 0 fully saturated rings. The molecule has 7 nitrogen and oxygen atoms in total. The Bertz CT molecular complexity index is 922. The Morgan fingerprint density at radius 1 is 1.04 bits per heavy atom. The first-order valence-electron chi connectivity index (χ1n) is 7.28. The summed E-state index contributed by atoms with van der Waals surface area (Å²) in [6.07, 6.45) is 1.03. The van der Waals surface area contributed by atoms with Gasteiger partial charge in [0.1, 0.15) is 0 Å². The summed E-state index contributed by atoms with van der Waals surface area (Å²) in [7, 11) is -2.16. The molecule has 0 spiro atoms. The normalized spacial score (nSPS) is 10.8. The fourth-order valence-electron chi connectivity index (χ4n) is 2.13. The van der Waals surface area contributed by atoms with Crippen LogP contribution >= 0.6 is 0 Å². The van der Waals surface area contributed by atoms with Crippen LogP contribution in [0.3, 0.4) is 0 Å². The number of ether oxygens (including phenoxy) is 1. The molecule has 2 aromatic rings. The van der Waals surface area contributed by atoms with Crippen LogP contribution in [0.5, 0.6) is 0 Å². The van der Waals surface area contributed by atoms with Gasteiger partial charge in [0.25, 0.3) is 5.91 Å². The zero-order valence-corrected chi connectivity index (χ0v) is 14.8. The highest BCUT2D eigenvalue weighted by Crippen LogP contribution is 2.19. The first-order chi connectivity index (χ1) is 11.7. The Hall–Kier alpha value is -2.87. The molecule has 0 bridgehead atoms. The molecule has 2 N–H and O–H groups in total. The van der Waals surface area contributed by atoms with Crippen LogP contribution in [0, 0.1) is 6.92 Å². The molecule has 132 valence electrons. The lowest BCUT2D eigenvalue weighted by Gasteiger charge is -2.11. The van der Waals surface area contributed by atoms with Crippen molar-refractivity contribution in [1.29, 1.82) is 0 Å². The molecule has 8 heteroatoms. The fraction of sp³-hybridized carbons (Fsp3) is 0.176. The van der Waals surface area contributed by atoms with Gasteiger partial charge in [-0.2, -0.15) is 0 Å². The lowest BCUT2D eigenvalue weighted by Crippen LogP contribution is -2.15. The molecule has 0 radical (unpaired) electrons. The zero-order valence-electron chi connectivity index (χ0n) is 14.0. The Morgan fingerprint density at radius 3 is 2.40 bits per heavy atom. The minimum Gasteiger partial charge on any atom is -0.465 e. The Labute approximate surface area is 146 Å². The predicted octanol–water partition coefficient (Wildman–Crippen LogP) is 2.41. The molecule has 0 saturated heterocycles. The maximum atomic E-state index is 12.4. The van der Waals surface area contributed by atoms with Crippen LogP contribution in [0.2, 0.25) is 0 Å². The molecular formula is C17H18N2O5S. The van der Waals surface area contributed by atoms with E-state index in [-0.39, 0.29) is 11.3 Å². The summed E-state index contributed by atoms with van der Waals surface area (Å²) >= 11 is 0. The number of carbonyl (C=O) groups excluding carboxylic acids is 2. The fourth-order valence-corrected chi connectivity index (χ4v) is 2.69. The second-order valence-corrected chi connectivity index (χ2v) is 7.18. The number of hydrogen-bond acceptors (Lipinski definition) is 5. The van der Waals surface area contributed by atoms with Gasteiger partial charge in [-0.25, -0.2) is 13.2 Å². The molecule has 0 aromatic heterocycles. The van der Waals surface area contributed by atoms with Crippen LogP contribution in [0.4, 0.5) is 11.4 Å². The van der Waals surface area contributed by atoms with E-state index in [2.05, 4.69) is 14.8 Å². The lowest BCUT2D eigenvalue weighted by atomic mass is 10.1. The largest absolute Gasteiger partial charge is 0.465 e. The molecule has 0 aliphatic carbocycles. The molecule has 25 heavy (non-hydrogen) atoms. The van der Waals surface area contributed by atoms with Crippen LogP contribution in [0.15, 0.2) is 42.5 Å². The van der Waals surface area contributed by atoms with Gasteiger partial charge in [-0.1, -0.05) is 12.1 Å². The van der Waals surface area contributed by atoms with E-state index in [1.165, 1.54) is 19.2 Å². The number of rotatable bonds is 5. The summed E-state index contributed by atoms with van der Waals surface area (Å²) in [5.74, 6) is -0.933. The van der Waals surface area contributed by atoms with Crippen LogP contribution in [-0.2, 0) is 14.8 Å². The third-order valence-electron chi connectivity index (χ3n) is 3.33. The lowest BCUT2D eigenvalue weighted by molar-refractivity contribution is 0.0600. The van der Waals surface area contributed by atoms with Crippen LogP contribution in [0.1, 0.15) is 26.3 Å². The summed E-state index contributed by atoms with van der Waals surface area (Å²) in [6, 6.07) is 10.9. The average Bonchev–Trinajstić information content (AvgIpc) is 2.54. The van der Waals surface area contributed by atoms with Gasteiger partial charge in [-0.15, -0.1) is 0 Å². The molecule has 0 aliphatic rings. The van der Waals surface area contributed by atoms with E-state index >= 15 is 0 Å². The van der Waals surface area contributed by atoms with E-state index in [0.717, 1.165) is 11.8 Å². The molecule has 0 saturated carbocycles. The van der Waals surface area contributed by atoms with Crippen molar-refractivity contribution in [3.8, 4) is 0 Å². The van der Waals surface area contributed by atoms with Gasteiger partial charge in [-0.3, -0.25) is 9.52 Å². The number of anilines is 2. The SMILES string of the molecule is COC(=O)c1ccc(C)c(NC(=O)c2cccc(NS(C)(=O)=O)c2)c1. The van der Waals surface area contributed by atoms with E-state index in [1.54, 1.807) is 37.3 Å². The smallest absolute Gasteiger partial charge is 0.337 e. The van der Waals surface area contributed by atoms with Gasteiger partial charge in [0.2, 0.25) is 10.0 Å². The highest BCUT2D eigenvalue weighted by Gasteiger charge is 2.12. The van der Waals surface area contributed by atoms with Crippen molar-refractivity contribution in [3.63, 3.8) is 0 Å². The molecule has 0 atom stereocenters. The van der Waals surface area contributed by atoms with E-state index < -0.39 is 21.9 Å². The summed E-state index contributed by atoms with van der Waals surface area (Å²) in [5.41, 5.74) is 2.11. The third-order valence-corrected chi connectivity index (χ3v) is 3.94. The molecular weight excluding hydrogens is 344 g/mol. The summed E-state index contributed by atoms with van der Waals surface area (Å²) in [6.45, 7) is 1.79. The van der Waals surface area contributed by atoms with E-state index in [1.807, 2.05) is 0 Å². The predicted molar refractivity (Wildman–Crippen MR) is 95.4 cm³/mol. The number of carbonyl (C=O) groups is 2. The number of amides is 1. The van der Waals surface area contributed by atoms with Gasteiger partial charge < -0.3 is 10.1 Å². The van der Waals surface area contributed by atoms with Crippen LogP contribution < -0.4 is 10.0 Å². The monoisotopic (exact) mass is 362 g/mol. The highest BCUT2D eigenvalue weighted by atomic mass is 32.2. The van der Waals surface area contributed by atoms with Crippen molar-refractivity contribution in [2.75, 3.05) is 23.4 Å². The Balaban J connectivity index is 2.25. The van der Waals surface area contributed by atoms with Crippen molar-refractivity contribution < 1.29 is 22.7 Å².